The molecular formula is C9H9ClN4S. The smallest absolute Gasteiger partial charge is 0.186 e. The Morgan fingerprint density at radius 3 is 2.87 bits per heavy atom. The highest BCUT2D eigenvalue weighted by atomic mass is 35.5. The summed E-state index contributed by atoms with van der Waals surface area (Å²) in [7, 11) is 0. The van der Waals surface area contributed by atoms with Gasteiger partial charge in [-0.05, 0) is 35.2 Å². The fraction of sp³-hybridized carbons (Fsp3) is 0.222. The van der Waals surface area contributed by atoms with Crippen LogP contribution in [0.1, 0.15) is 5.56 Å². The van der Waals surface area contributed by atoms with Crippen LogP contribution in [0.25, 0.3) is 5.69 Å². The predicted molar refractivity (Wildman–Crippen MR) is 60.7 cm³/mol. The van der Waals surface area contributed by atoms with Crippen LogP contribution in [0.3, 0.4) is 0 Å². The SMILES string of the molecule is CSc1nnnn1-c1c(C)cccc1Cl. The van der Waals surface area contributed by atoms with Crippen LogP contribution >= 0.6 is 23.4 Å². The lowest BCUT2D eigenvalue weighted by molar-refractivity contribution is 0.753. The number of benzene rings is 1. The summed E-state index contributed by atoms with van der Waals surface area (Å²) < 4.78 is 1.66. The molecule has 1 aromatic heterocycles. The molecule has 0 aliphatic rings. The Kier molecular flexibility index (Phi) is 2.93. The van der Waals surface area contributed by atoms with Crippen molar-refractivity contribution in [3.05, 3.63) is 28.8 Å². The van der Waals surface area contributed by atoms with Crippen LogP contribution in [0.2, 0.25) is 5.02 Å². The molecule has 15 heavy (non-hydrogen) atoms. The Labute approximate surface area is 96.6 Å². The molecule has 0 unspecified atom stereocenters. The van der Waals surface area contributed by atoms with Crippen LogP contribution in [-0.4, -0.2) is 26.5 Å². The van der Waals surface area contributed by atoms with Crippen molar-refractivity contribution in [3.63, 3.8) is 0 Å². The molecule has 0 atom stereocenters. The number of tetrazole rings is 1. The fourth-order valence-electron chi connectivity index (χ4n) is 1.34. The predicted octanol–water partition coefficient (Wildman–Crippen LogP) is 2.35. The summed E-state index contributed by atoms with van der Waals surface area (Å²) in [6, 6.07) is 5.72. The molecule has 0 fully saturated rings. The monoisotopic (exact) mass is 240 g/mol. The largest absolute Gasteiger partial charge is 0.213 e. The van der Waals surface area contributed by atoms with Gasteiger partial charge in [-0.3, -0.25) is 0 Å². The maximum Gasteiger partial charge on any atom is 0.213 e. The highest BCUT2D eigenvalue weighted by Gasteiger charge is 2.12. The summed E-state index contributed by atoms with van der Waals surface area (Å²) >= 11 is 7.61. The number of aryl methyl sites for hydroxylation is 1. The van der Waals surface area contributed by atoms with Crippen molar-refractivity contribution in [2.75, 3.05) is 6.26 Å². The summed E-state index contributed by atoms with van der Waals surface area (Å²) in [5.41, 5.74) is 1.89. The standard InChI is InChI=1S/C9H9ClN4S/c1-6-4-3-5-7(10)8(6)14-9(15-2)11-12-13-14/h3-5H,1-2H3. The minimum Gasteiger partial charge on any atom is -0.186 e. The molecule has 4 nitrogen and oxygen atoms in total. The third-order valence-electron chi connectivity index (χ3n) is 2.02. The molecule has 6 heteroatoms. The molecule has 2 aromatic rings. The Bertz CT molecular complexity index is 462. The van der Waals surface area contributed by atoms with Crippen molar-refractivity contribution >= 4 is 23.4 Å². The quantitative estimate of drug-likeness (QED) is 0.756. The van der Waals surface area contributed by atoms with Crippen molar-refractivity contribution in [2.45, 2.75) is 12.1 Å². The minimum absolute atomic E-state index is 0.651. The lowest BCUT2D eigenvalue weighted by Gasteiger charge is -2.07. The second-order valence-corrected chi connectivity index (χ2v) is 4.16. The Hall–Kier alpha value is -1.07. The van der Waals surface area contributed by atoms with Crippen LogP contribution < -0.4 is 0 Å². The van der Waals surface area contributed by atoms with E-state index < -0.39 is 0 Å². The van der Waals surface area contributed by atoms with Crippen LogP contribution in [0.15, 0.2) is 23.4 Å². The third-order valence-corrected chi connectivity index (χ3v) is 2.95. The van der Waals surface area contributed by atoms with Gasteiger partial charge in [-0.1, -0.05) is 35.5 Å². The first kappa shape index (κ1) is 10.4. The fourth-order valence-corrected chi connectivity index (χ4v) is 2.06. The van der Waals surface area contributed by atoms with Crippen molar-refractivity contribution in [1.82, 2.24) is 20.2 Å². The maximum atomic E-state index is 6.12. The molecule has 0 saturated carbocycles. The summed E-state index contributed by atoms with van der Waals surface area (Å²) in [4.78, 5) is 0. The molecule has 2 rings (SSSR count). The van der Waals surface area contributed by atoms with Gasteiger partial charge < -0.3 is 0 Å². The molecule has 0 aliphatic carbocycles. The topological polar surface area (TPSA) is 43.6 Å². The number of hydrogen-bond acceptors (Lipinski definition) is 4. The van der Waals surface area contributed by atoms with Gasteiger partial charge in [0.25, 0.3) is 0 Å². The van der Waals surface area contributed by atoms with Gasteiger partial charge in [0, 0.05) is 0 Å². The molecule has 0 radical (unpaired) electrons. The van der Waals surface area contributed by atoms with Crippen LogP contribution in [0.4, 0.5) is 0 Å². The number of hydrogen-bond donors (Lipinski definition) is 0. The van der Waals surface area contributed by atoms with E-state index in [0.717, 1.165) is 16.4 Å². The number of thioether (sulfide) groups is 1. The van der Waals surface area contributed by atoms with E-state index in [4.69, 9.17) is 11.6 Å². The highest BCUT2D eigenvalue weighted by Crippen LogP contribution is 2.25. The van der Waals surface area contributed by atoms with E-state index >= 15 is 0 Å². The molecule has 0 N–H and O–H groups in total. The molecule has 0 spiro atoms. The zero-order valence-electron chi connectivity index (χ0n) is 8.31. The average Bonchev–Trinajstić information content (AvgIpc) is 2.65. The second kappa shape index (κ2) is 4.20. The van der Waals surface area contributed by atoms with E-state index in [9.17, 15) is 0 Å². The molecule has 0 bridgehead atoms. The number of aromatic nitrogens is 4. The van der Waals surface area contributed by atoms with Crippen LogP contribution in [0.5, 0.6) is 0 Å². The first-order valence-electron chi connectivity index (χ1n) is 4.32. The van der Waals surface area contributed by atoms with Crippen molar-refractivity contribution in [1.29, 1.82) is 0 Å². The van der Waals surface area contributed by atoms with Crippen LogP contribution in [-0.2, 0) is 0 Å². The third kappa shape index (κ3) is 1.85. The molecule has 0 amide bonds. The van der Waals surface area contributed by atoms with E-state index in [1.807, 2.05) is 31.4 Å². The van der Waals surface area contributed by atoms with Crippen LogP contribution in [0, 0.1) is 6.92 Å². The zero-order chi connectivity index (χ0) is 10.8. The zero-order valence-corrected chi connectivity index (χ0v) is 9.88. The lowest BCUT2D eigenvalue weighted by atomic mass is 10.2. The van der Waals surface area contributed by atoms with Crippen molar-refractivity contribution in [2.24, 2.45) is 0 Å². The van der Waals surface area contributed by atoms with Gasteiger partial charge in [-0.25, -0.2) is 0 Å². The summed E-state index contributed by atoms with van der Waals surface area (Å²) in [5, 5.41) is 12.8. The van der Waals surface area contributed by atoms with Crippen molar-refractivity contribution in [3.8, 4) is 5.69 Å². The molecule has 0 aliphatic heterocycles. The summed E-state index contributed by atoms with van der Waals surface area (Å²) in [6.45, 7) is 1.98. The average molecular weight is 241 g/mol. The van der Waals surface area contributed by atoms with E-state index in [-0.39, 0.29) is 0 Å². The molecule has 1 heterocycles. The molecule has 1 aromatic carbocycles. The maximum absolute atomic E-state index is 6.12. The van der Waals surface area contributed by atoms with Gasteiger partial charge in [-0.2, -0.15) is 4.68 Å². The van der Waals surface area contributed by atoms with E-state index in [2.05, 4.69) is 15.5 Å². The molecular weight excluding hydrogens is 232 g/mol. The molecule has 0 saturated heterocycles. The van der Waals surface area contributed by atoms with Gasteiger partial charge in [0.2, 0.25) is 5.16 Å². The number of rotatable bonds is 2. The molecule has 78 valence electrons. The number of nitrogens with zero attached hydrogens (tertiary/aromatic N) is 4. The highest BCUT2D eigenvalue weighted by molar-refractivity contribution is 7.98. The Balaban J connectivity index is 2.63. The summed E-state index contributed by atoms with van der Waals surface area (Å²) in [6.07, 6.45) is 1.92. The first-order valence-corrected chi connectivity index (χ1v) is 5.92. The van der Waals surface area contributed by atoms with E-state index in [1.165, 1.54) is 11.8 Å². The van der Waals surface area contributed by atoms with Crippen molar-refractivity contribution < 1.29 is 0 Å². The Morgan fingerprint density at radius 1 is 1.40 bits per heavy atom. The number of halogens is 1. The van der Waals surface area contributed by atoms with E-state index in [1.54, 1.807) is 4.68 Å². The Morgan fingerprint density at radius 2 is 2.20 bits per heavy atom. The number of para-hydroxylation sites is 1. The van der Waals surface area contributed by atoms with Gasteiger partial charge in [0.15, 0.2) is 0 Å². The second-order valence-electron chi connectivity index (χ2n) is 2.98. The first-order chi connectivity index (χ1) is 7.24. The summed E-state index contributed by atoms with van der Waals surface area (Å²) in [5.74, 6) is 0. The van der Waals surface area contributed by atoms with Gasteiger partial charge in [-0.15, -0.1) is 5.10 Å². The van der Waals surface area contributed by atoms with Gasteiger partial charge >= 0.3 is 0 Å². The lowest BCUT2D eigenvalue weighted by Crippen LogP contribution is -2.01. The van der Waals surface area contributed by atoms with Gasteiger partial charge in [0.1, 0.15) is 0 Å². The van der Waals surface area contributed by atoms with Gasteiger partial charge in [0.05, 0.1) is 10.7 Å². The normalized spacial score (nSPS) is 10.6. The minimum atomic E-state index is 0.651. The van der Waals surface area contributed by atoms with E-state index in [0.29, 0.717) is 5.02 Å².